The van der Waals surface area contributed by atoms with Crippen LogP contribution in [0.4, 0.5) is 11.6 Å². The molecule has 7 heteroatoms. The van der Waals surface area contributed by atoms with Gasteiger partial charge in [0, 0.05) is 50.1 Å². The standard InChI is InChI=1S/C17H26N6O/c1-4-13-9-14(5-6-18-13)19-10-12-7-11(8-15(12)24)16-20-17(22-21-16)23(2)3/h5-6,9,11-12,15,24H,4,7-8,10H2,1-3H3,(H,18,19)(H,20,21,22)/t11-,12+,15+/m0/s1. The second-order valence-corrected chi connectivity index (χ2v) is 6.68. The van der Waals surface area contributed by atoms with Gasteiger partial charge in [-0.1, -0.05) is 6.92 Å². The van der Waals surface area contributed by atoms with Gasteiger partial charge in [0.1, 0.15) is 5.82 Å². The third-order valence-electron chi connectivity index (χ3n) is 4.68. The number of aliphatic hydroxyl groups excluding tert-OH is 1. The molecule has 1 saturated carbocycles. The van der Waals surface area contributed by atoms with Crippen LogP contribution >= 0.6 is 0 Å². The highest BCUT2D eigenvalue weighted by Crippen LogP contribution is 2.37. The molecule has 130 valence electrons. The van der Waals surface area contributed by atoms with E-state index in [0.717, 1.165) is 43.0 Å². The zero-order valence-corrected chi connectivity index (χ0v) is 14.5. The molecule has 3 atom stereocenters. The molecule has 3 N–H and O–H groups in total. The highest BCUT2D eigenvalue weighted by atomic mass is 16.3. The summed E-state index contributed by atoms with van der Waals surface area (Å²) in [5.41, 5.74) is 2.13. The van der Waals surface area contributed by atoms with Crippen molar-refractivity contribution in [3.63, 3.8) is 0 Å². The Bertz CT molecular complexity index is 671. The van der Waals surface area contributed by atoms with Crippen LogP contribution in [-0.4, -0.2) is 52.0 Å². The molecule has 0 aromatic carbocycles. The van der Waals surface area contributed by atoms with Crippen LogP contribution in [0.15, 0.2) is 18.3 Å². The zero-order valence-electron chi connectivity index (χ0n) is 14.5. The number of hydrogen-bond acceptors (Lipinski definition) is 6. The predicted molar refractivity (Wildman–Crippen MR) is 94.3 cm³/mol. The third kappa shape index (κ3) is 3.67. The van der Waals surface area contributed by atoms with Crippen molar-refractivity contribution in [2.75, 3.05) is 30.9 Å². The predicted octanol–water partition coefficient (Wildman–Crippen LogP) is 1.79. The number of pyridine rings is 1. The van der Waals surface area contributed by atoms with Gasteiger partial charge in [-0.3, -0.25) is 10.1 Å². The molecule has 0 spiro atoms. The normalized spacial score (nSPS) is 23.4. The number of nitrogens with zero attached hydrogens (tertiary/aromatic N) is 4. The van der Waals surface area contributed by atoms with Crippen LogP contribution in [0.2, 0.25) is 0 Å². The van der Waals surface area contributed by atoms with Gasteiger partial charge in [-0.2, -0.15) is 4.98 Å². The van der Waals surface area contributed by atoms with E-state index in [0.29, 0.717) is 5.95 Å². The quantitative estimate of drug-likeness (QED) is 0.748. The molecule has 0 unspecified atom stereocenters. The number of aromatic nitrogens is 4. The van der Waals surface area contributed by atoms with Crippen LogP contribution < -0.4 is 10.2 Å². The van der Waals surface area contributed by atoms with Crippen LogP contribution in [0, 0.1) is 5.92 Å². The molecule has 2 aromatic rings. The second kappa shape index (κ2) is 7.17. The number of nitrogens with one attached hydrogen (secondary N) is 2. The van der Waals surface area contributed by atoms with Crippen molar-refractivity contribution in [3.8, 4) is 0 Å². The van der Waals surface area contributed by atoms with E-state index < -0.39 is 0 Å². The fourth-order valence-electron chi connectivity index (χ4n) is 3.22. The van der Waals surface area contributed by atoms with E-state index in [1.165, 1.54) is 0 Å². The van der Waals surface area contributed by atoms with Crippen LogP contribution in [0.25, 0.3) is 0 Å². The molecule has 2 heterocycles. The summed E-state index contributed by atoms with van der Waals surface area (Å²) < 4.78 is 0. The topological polar surface area (TPSA) is 90.0 Å². The first-order chi connectivity index (χ1) is 11.6. The summed E-state index contributed by atoms with van der Waals surface area (Å²) in [5.74, 6) is 2.00. The second-order valence-electron chi connectivity index (χ2n) is 6.68. The first-order valence-corrected chi connectivity index (χ1v) is 8.53. The van der Waals surface area contributed by atoms with Gasteiger partial charge in [0.05, 0.1) is 6.10 Å². The van der Waals surface area contributed by atoms with Gasteiger partial charge in [-0.25, -0.2) is 0 Å². The number of H-pyrrole nitrogens is 1. The van der Waals surface area contributed by atoms with Crippen LogP contribution in [-0.2, 0) is 6.42 Å². The minimum atomic E-state index is -0.317. The summed E-state index contributed by atoms with van der Waals surface area (Å²) in [6.07, 6.45) is 4.06. The van der Waals surface area contributed by atoms with Gasteiger partial charge in [-0.05, 0) is 31.4 Å². The van der Waals surface area contributed by atoms with Crippen molar-refractivity contribution in [2.45, 2.75) is 38.2 Å². The molecule has 0 saturated heterocycles. The number of aliphatic hydroxyl groups is 1. The lowest BCUT2D eigenvalue weighted by Gasteiger charge is -2.16. The van der Waals surface area contributed by atoms with Crippen LogP contribution in [0.3, 0.4) is 0 Å². The van der Waals surface area contributed by atoms with E-state index in [4.69, 9.17) is 0 Å². The first kappa shape index (κ1) is 16.7. The van der Waals surface area contributed by atoms with E-state index in [1.54, 1.807) is 0 Å². The Balaban J connectivity index is 1.59. The van der Waals surface area contributed by atoms with Gasteiger partial charge in [0.2, 0.25) is 5.95 Å². The fraction of sp³-hybridized carbons (Fsp3) is 0.588. The minimum absolute atomic E-state index is 0.209. The Morgan fingerprint density at radius 1 is 1.38 bits per heavy atom. The summed E-state index contributed by atoms with van der Waals surface area (Å²) in [6.45, 7) is 2.84. The van der Waals surface area contributed by atoms with Crippen LogP contribution in [0.5, 0.6) is 0 Å². The number of rotatable bonds is 6. The summed E-state index contributed by atoms with van der Waals surface area (Å²) in [4.78, 5) is 10.7. The molecular formula is C17H26N6O. The number of anilines is 2. The lowest BCUT2D eigenvalue weighted by molar-refractivity contribution is 0.138. The van der Waals surface area contributed by atoms with Crippen molar-refractivity contribution in [3.05, 3.63) is 29.8 Å². The molecule has 24 heavy (non-hydrogen) atoms. The summed E-state index contributed by atoms with van der Waals surface area (Å²) in [7, 11) is 3.84. The van der Waals surface area contributed by atoms with Gasteiger partial charge in [0.15, 0.2) is 0 Å². The summed E-state index contributed by atoms with van der Waals surface area (Å²) in [5, 5.41) is 21.0. The lowest BCUT2D eigenvalue weighted by atomic mass is 10.0. The molecule has 1 aliphatic rings. The maximum atomic E-state index is 10.4. The Morgan fingerprint density at radius 2 is 2.21 bits per heavy atom. The maximum absolute atomic E-state index is 10.4. The Kier molecular flexibility index (Phi) is 4.99. The lowest BCUT2D eigenvalue weighted by Crippen LogP contribution is -2.21. The third-order valence-corrected chi connectivity index (χ3v) is 4.68. The first-order valence-electron chi connectivity index (χ1n) is 8.53. The van der Waals surface area contributed by atoms with E-state index in [2.05, 4.69) is 38.5 Å². The smallest absolute Gasteiger partial charge is 0.244 e. The van der Waals surface area contributed by atoms with Crippen molar-refractivity contribution in [1.29, 1.82) is 0 Å². The molecule has 3 rings (SSSR count). The molecular weight excluding hydrogens is 304 g/mol. The summed E-state index contributed by atoms with van der Waals surface area (Å²) >= 11 is 0. The highest BCUT2D eigenvalue weighted by Gasteiger charge is 2.35. The summed E-state index contributed by atoms with van der Waals surface area (Å²) in [6, 6.07) is 4.04. The molecule has 0 radical (unpaired) electrons. The minimum Gasteiger partial charge on any atom is -0.393 e. The number of aryl methyl sites for hydroxylation is 1. The van der Waals surface area contributed by atoms with E-state index >= 15 is 0 Å². The van der Waals surface area contributed by atoms with Crippen LogP contribution in [0.1, 0.15) is 37.2 Å². The Hall–Kier alpha value is -2.15. The molecule has 0 amide bonds. The number of aromatic amines is 1. The van der Waals surface area contributed by atoms with Gasteiger partial charge in [0.25, 0.3) is 0 Å². The number of hydrogen-bond donors (Lipinski definition) is 3. The maximum Gasteiger partial charge on any atom is 0.244 e. The molecule has 1 aliphatic carbocycles. The fourth-order valence-corrected chi connectivity index (χ4v) is 3.22. The van der Waals surface area contributed by atoms with Gasteiger partial charge < -0.3 is 15.3 Å². The molecule has 7 nitrogen and oxygen atoms in total. The molecule has 2 aromatic heterocycles. The average molecular weight is 330 g/mol. The van der Waals surface area contributed by atoms with Gasteiger partial charge >= 0.3 is 0 Å². The highest BCUT2D eigenvalue weighted by molar-refractivity contribution is 5.43. The average Bonchev–Trinajstić information content (AvgIpc) is 3.20. The van der Waals surface area contributed by atoms with Crippen molar-refractivity contribution in [2.24, 2.45) is 5.92 Å². The molecule has 1 fully saturated rings. The molecule has 0 aliphatic heterocycles. The van der Waals surface area contributed by atoms with Crippen molar-refractivity contribution < 1.29 is 5.11 Å². The van der Waals surface area contributed by atoms with Crippen molar-refractivity contribution >= 4 is 11.6 Å². The Morgan fingerprint density at radius 3 is 2.92 bits per heavy atom. The largest absolute Gasteiger partial charge is 0.393 e. The monoisotopic (exact) mass is 330 g/mol. The van der Waals surface area contributed by atoms with Gasteiger partial charge in [-0.15, -0.1) is 5.10 Å². The SMILES string of the molecule is CCc1cc(NC[C@H]2C[C@H](c3nc(N(C)C)n[nH]3)C[C@H]2O)ccn1. The molecule has 0 bridgehead atoms. The zero-order chi connectivity index (χ0) is 17.1. The van der Waals surface area contributed by atoms with E-state index in [1.807, 2.05) is 31.3 Å². The Labute approximate surface area is 142 Å². The van der Waals surface area contributed by atoms with Crippen molar-refractivity contribution in [1.82, 2.24) is 20.2 Å². The van der Waals surface area contributed by atoms with E-state index in [9.17, 15) is 5.11 Å². The van der Waals surface area contributed by atoms with E-state index in [-0.39, 0.29) is 17.9 Å².